The molecule has 1 aliphatic carbocycles. The highest BCUT2D eigenvalue weighted by Gasteiger charge is 2.20. The molecule has 0 amide bonds. The Morgan fingerprint density at radius 1 is 1.39 bits per heavy atom. The summed E-state index contributed by atoms with van der Waals surface area (Å²) in [7, 11) is 1.64. The van der Waals surface area contributed by atoms with Gasteiger partial charge in [0.1, 0.15) is 12.4 Å². The van der Waals surface area contributed by atoms with E-state index in [4.69, 9.17) is 9.47 Å². The summed E-state index contributed by atoms with van der Waals surface area (Å²) in [6.07, 6.45) is 3.83. The van der Waals surface area contributed by atoms with Crippen molar-refractivity contribution in [1.29, 1.82) is 0 Å². The van der Waals surface area contributed by atoms with Crippen LogP contribution in [0.2, 0.25) is 0 Å². The van der Waals surface area contributed by atoms with Gasteiger partial charge in [0, 0.05) is 19.7 Å². The normalized spacial score (nSPS) is 14.6. The predicted molar refractivity (Wildman–Crippen MR) is 69.7 cm³/mol. The van der Waals surface area contributed by atoms with E-state index >= 15 is 0 Å². The molecular weight excluding hydrogens is 230 g/mol. The molecule has 0 saturated heterocycles. The topological polar surface area (TPSA) is 56.3 Å². The number of nitrogens with zero attached hydrogens (tertiary/aromatic N) is 2. The van der Waals surface area contributed by atoms with E-state index in [1.807, 2.05) is 13.0 Å². The van der Waals surface area contributed by atoms with Crippen molar-refractivity contribution in [3.63, 3.8) is 0 Å². The Balaban J connectivity index is 1.96. The van der Waals surface area contributed by atoms with Crippen molar-refractivity contribution in [2.45, 2.75) is 32.8 Å². The van der Waals surface area contributed by atoms with Crippen LogP contribution in [-0.4, -0.2) is 30.2 Å². The van der Waals surface area contributed by atoms with E-state index in [1.54, 1.807) is 7.11 Å². The predicted octanol–water partition coefficient (Wildman–Crippen LogP) is 2.23. The van der Waals surface area contributed by atoms with Crippen molar-refractivity contribution in [1.82, 2.24) is 9.97 Å². The molecule has 0 aromatic carbocycles. The fourth-order valence-electron chi connectivity index (χ4n) is 1.75. The van der Waals surface area contributed by atoms with Gasteiger partial charge < -0.3 is 14.8 Å². The molecule has 5 heteroatoms. The molecule has 18 heavy (non-hydrogen) atoms. The van der Waals surface area contributed by atoms with E-state index < -0.39 is 0 Å². The second-order valence-electron chi connectivity index (χ2n) is 4.55. The van der Waals surface area contributed by atoms with Crippen LogP contribution in [0.25, 0.3) is 0 Å². The van der Waals surface area contributed by atoms with Crippen LogP contribution in [0.4, 0.5) is 5.82 Å². The number of anilines is 1. The third-order valence-electron chi connectivity index (χ3n) is 2.85. The molecule has 1 saturated carbocycles. The van der Waals surface area contributed by atoms with Gasteiger partial charge in [0.2, 0.25) is 5.88 Å². The Hall–Kier alpha value is -1.36. The number of aromatic nitrogens is 2. The van der Waals surface area contributed by atoms with E-state index in [0.717, 1.165) is 31.3 Å². The van der Waals surface area contributed by atoms with Crippen LogP contribution in [0, 0.1) is 5.92 Å². The largest absolute Gasteiger partial charge is 0.478 e. The van der Waals surface area contributed by atoms with Gasteiger partial charge in [-0.1, -0.05) is 12.8 Å². The zero-order chi connectivity index (χ0) is 12.8. The summed E-state index contributed by atoms with van der Waals surface area (Å²) < 4.78 is 10.7. The lowest BCUT2D eigenvalue weighted by atomic mass is 10.3. The van der Waals surface area contributed by atoms with Crippen molar-refractivity contribution in [2.24, 2.45) is 5.92 Å². The fourth-order valence-corrected chi connectivity index (χ4v) is 1.75. The molecule has 1 aliphatic rings. The van der Waals surface area contributed by atoms with Crippen LogP contribution in [0.3, 0.4) is 0 Å². The fraction of sp³-hybridized carbons (Fsp3) is 0.692. The summed E-state index contributed by atoms with van der Waals surface area (Å²) in [5.41, 5.74) is 0. The van der Waals surface area contributed by atoms with Gasteiger partial charge in [-0.2, -0.15) is 4.98 Å². The smallest absolute Gasteiger partial charge is 0.218 e. The maximum absolute atomic E-state index is 5.68. The standard InChI is InChI=1S/C13H21N3O2/c1-3-14-11-8-13(16-12(15-11)9-17-2)18-7-6-10-4-5-10/h8,10H,3-7,9H2,1-2H3,(H,14,15,16). The third kappa shape index (κ3) is 4.14. The minimum absolute atomic E-state index is 0.401. The number of methoxy groups -OCH3 is 1. The lowest BCUT2D eigenvalue weighted by Crippen LogP contribution is -2.07. The quantitative estimate of drug-likeness (QED) is 0.768. The number of hydrogen-bond donors (Lipinski definition) is 1. The first-order chi connectivity index (χ1) is 8.81. The molecule has 0 bridgehead atoms. The van der Waals surface area contributed by atoms with Crippen molar-refractivity contribution < 1.29 is 9.47 Å². The first-order valence-electron chi connectivity index (χ1n) is 6.55. The number of hydrogen-bond acceptors (Lipinski definition) is 5. The van der Waals surface area contributed by atoms with Gasteiger partial charge in [-0.15, -0.1) is 0 Å². The SMILES string of the molecule is CCNc1cc(OCCC2CC2)nc(COC)n1. The summed E-state index contributed by atoms with van der Waals surface area (Å²) in [6, 6.07) is 1.84. The molecule has 2 rings (SSSR count). The molecule has 0 unspecified atom stereocenters. The summed E-state index contributed by atoms with van der Waals surface area (Å²) in [5.74, 6) is 2.95. The van der Waals surface area contributed by atoms with Gasteiger partial charge in [-0.3, -0.25) is 0 Å². The zero-order valence-corrected chi connectivity index (χ0v) is 11.1. The van der Waals surface area contributed by atoms with E-state index in [2.05, 4.69) is 15.3 Å². The molecule has 0 aliphatic heterocycles. The highest BCUT2D eigenvalue weighted by molar-refractivity contribution is 5.38. The van der Waals surface area contributed by atoms with Crippen molar-refractivity contribution >= 4 is 5.82 Å². The van der Waals surface area contributed by atoms with Crippen LogP contribution in [0.5, 0.6) is 5.88 Å². The van der Waals surface area contributed by atoms with E-state index in [1.165, 1.54) is 12.8 Å². The second-order valence-corrected chi connectivity index (χ2v) is 4.55. The Morgan fingerprint density at radius 2 is 2.22 bits per heavy atom. The number of nitrogens with one attached hydrogen (secondary N) is 1. The molecule has 5 nitrogen and oxygen atoms in total. The molecule has 1 N–H and O–H groups in total. The minimum atomic E-state index is 0.401. The van der Waals surface area contributed by atoms with E-state index in [9.17, 15) is 0 Å². The number of rotatable bonds is 8. The molecule has 1 aromatic rings. The Bertz CT molecular complexity index is 356. The highest BCUT2D eigenvalue weighted by Crippen LogP contribution is 2.32. The van der Waals surface area contributed by atoms with Gasteiger partial charge >= 0.3 is 0 Å². The monoisotopic (exact) mass is 251 g/mol. The van der Waals surface area contributed by atoms with Gasteiger partial charge in [-0.05, 0) is 19.3 Å². The Morgan fingerprint density at radius 3 is 2.89 bits per heavy atom. The average molecular weight is 251 g/mol. The van der Waals surface area contributed by atoms with Crippen molar-refractivity contribution in [3.8, 4) is 5.88 Å². The molecule has 0 atom stereocenters. The van der Waals surface area contributed by atoms with E-state index in [-0.39, 0.29) is 0 Å². The van der Waals surface area contributed by atoms with Crippen LogP contribution in [0.1, 0.15) is 32.0 Å². The van der Waals surface area contributed by atoms with Crippen LogP contribution in [0.15, 0.2) is 6.07 Å². The summed E-state index contributed by atoms with van der Waals surface area (Å²) in [4.78, 5) is 8.67. The minimum Gasteiger partial charge on any atom is -0.478 e. The molecule has 1 heterocycles. The molecule has 1 aromatic heterocycles. The second kappa shape index (κ2) is 6.54. The first kappa shape index (κ1) is 13.1. The van der Waals surface area contributed by atoms with Gasteiger partial charge in [0.05, 0.1) is 6.61 Å². The Kier molecular flexibility index (Phi) is 4.75. The lowest BCUT2D eigenvalue weighted by molar-refractivity contribution is 0.176. The average Bonchev–Trinajstić information content (AvgIpc) is 3.14. The molecule has 1 fully saturated rings. The Labute approximate surface area is 108 Å². The molecule has 0 spiro atoms. The zero-order valence-electron chi connectivity index (χ0n) is 11.1. The van der Waals surface area contributed by atoms with Crippen LogP contribution in [-0.2, 0) is 11.3 Å². The molecule has 0 radical (unpaired) electrons. The molecule has 100 valence electrons. The summed E-state index contributed by atoms with van der Waals surface area (Å²) in [6.45, 7) is 3.99. The first-order valence-corrected chi connectivity index (χ1v) is 6.55. The van der Waals surface area contributed by atoms with Crippen molar-refractivity contribution in [2.75, 3.05) is 25.6 Å². The maximum Gasteiger partial charge on any atom is 0.218 e. The van der Waals surface area contributed by atoms with Crippen molar-refractivity contribution in [3.05, 3.63) is 11.9 Å². The maximum atomic E-state index is 5.68. The van der Waals surface area contributed by atoms with E-state index in [0.29, 0.717) is 18.3 Å². The molecular formula is C13H21N3O2. The van der Waals surface area contributed by atoms with Gasteiger partial charge in [0.25, 0.3) is 0 Å². The third-order valence-corrected chi connectivity index (χ3v) is 2.85. The lowest BCUT2D eigenvalue weighted by Gasteiger charge is -2.09. The van der Waals surface area contributed by atoms with Gasteiger partial charge in [-0.25, -0.2) is 4.98 Å². The van der Waals surface area contributed by atoms with Crippen LogP contribution >= 0.6 is 0 Å². The number of ether oxygens (including phenoxy) is 2. The summed E-state index contributed by atoms with van der Waals surface area (Å²) in [5, 5.41) is 3.17. The summed E-state index contributed by atoms with van der Waals surface area (Å²) >= 11 is 0. The van der Waals surface area contributed by atoms with Gasteiger partial charge in [0.15, 0.2) is 5.82 Å². The van der Waals surface area contributed by atoms with Crippen LogP contribution < -0.4 is 10.1 Å². The highest BCUT2D eigenvalue weighted by atomic mass is 16.5.